The zero-order valence-electron chi connectivity index (χ0n) is 11.5. The van der Waals surface area contributed by atoms with Gasteiger partial charge in [0.2, 0.25) is 0 Å². The van der Waals surface area contributed by atoms with Gasteiger partial charge in [-0.3, -0.25) is 4.90 Å². The van der Waals surface area contributed by atoms with Crippen molar-refractivity contribution >= 4 is 12.1 Å². The number of carboxylic acids is 1. The lowest BCUT2D eigenvalue weighted by molar-refractivity contribution is -0.159. The summed E-state index contributed by atoms with van der Waals surface area (Å²) >= 11 is 0. The fourth-order valence-electron chi connectivity index (χ4n) is 3.08. The minimum absolute atomic E-state index is 0.240. The Kier molecular flexibility index (Phi) is 3.47. The number of piperidine rings is 2. The van der Waals surface area contributed by atoms with E-state index in [1.807, 2.05) is 0 Å². The lowest BCUT2D eigenvalue weighted by atomic mass is 9.73. The molecule has 0 aromatic carbocycles. The third-order valence-corrected chi connectivity index (χ3v) is 3.80. The molecule has 0 aromatic heterocycles. The van der Waals surface area contributed by atoms with Crippen LogP contribution in [0.3, 0.4) is 0 Å². The van der Waals surface area contributed by atoms with Gasteiger partial charge in [-0.1, -0.05) is 0 Å². The molecule has 2 bridgehead atoms. The van der Waals surface area contributed by atoms with E-state index in [-0.39, 0.29) is 6.04 Å². The second-order valence-corrected chi connectivity index (χ2v) is 6.37. The van der Waals surface area contributed by atoms with Crippen molar-refractivity contribution in [1.29, 1.82) is 0 Å². The van der Waals surface area contributed by atoms with Gasteiger partial charge in [0, 0.05) is 12.0 Å². The van der Waals surface area contributed by atoms with Gasteiger partial charge in [-0.15, -0.1) is 0 Å². The molecule has 2 N–H and O–H groups in total. The molecule has 0 spiro atoms. The fourth-order valence-corrected chi connectivity index (χ4v) is 3.08. The molecule has 6 nitrogen and oxygen atoms in total. The van der Waals surface area contributed by atoms with E-state index < -0.39 is 35.7 Å². The standard InChI is InChI=1S/C13H21NO5/c1-13(2,3)19-12(18)14-7-4-5-8(9(15)6-7)10(14)11(16)17/h7-10,15H,4-6H2,1-3H3,(H,16,17)/t7?,8-,9-,10+/m1/s1. The normalized spacial score (nSPS) is 34.2. The van der Waals surface area contributed by atoms with E-state index in [0.29, 0.717) is 12.8 Å². The Hall–Kier alpha value is -1.30. The highest BCUT2D eigenvalue weighted by Crippen LogP contribution is 2.40. The Morgan fingerprint density at radius 2 is 1.89 bits per heavy atom. The Bertz CT molecular complexity index is 389. The Morgan fingerprint density at radius 1 is 1.26 bits per heavy atom. The van der Waals surface area contributed by atoms with E-state index in [1.165, 1.54) is 4.90 Å². The van der Waals surface area contributed by atoms with Crippen LogP contribution in [0.4, 0.5) is 4.79 Å². The summed E-state index contributed by atoms with van der Waals surface area (Å²) in [4.78, 5) is 24.9. The largest absolute Gasteiger partial charge is 0.480 e. The first-order valence-corrected chi connectivity index (χ1v) is 6.63. The molecule has 6 heteroatoms. The molecule has 2 aliphatic heterocycles. The Balaban J connectivity index is 2.22. The number of aliphatic hydroxyl groups excluding tert-OH is 1. The summed E-state index contributed by atoms with van der Waals surface area (Å²) < 4.78 is 5.29. The van der Waals surface area contributed by atoms with E-state index in [2.05, 4.69) is 0 Å². The van der Waals surface area contributed by atoms with Gasteiger partial charge >= 0.3 is 12.1 Å². The molecule has 2 saturated heterocycles. The fraction of sp³-hybridized carbons (Fsp3) is 0.846. The predicted octanol–water partition coefficient (Wildman–Crippen LogP) is 1.22. The molecular weight excluding hydrogens is 250 g/mol. The van der Waals surface area contributed by atoms with E-state index in [0.717, 1.165) is 6.42 Å². The maximum atomic E-state index is 12.2. The van der Waals surface area contributed by atoms with Gasteiger partial charge in [0.05, 0.1) is 6.10 Å². The van der Waals surface area contributed by atoms with Gasteiger partial charge in [-0.25, -0.2) is 9.59 Å². The minimum Gasteiger partial charge on any atom is -0.480 e. The number of carbonyl (C=O) groups excluding carboxylic acids is 1. The maximum Gasteiger partial charge on any atom is 0.411 e. The minimum atomic E-state index is -1.07. The SMILES string of the molecule is CC(C)(C)OC(=O)N1C2CC[C@H]([C@H](O)C2)[C@H]1C(=O)O. The lowest BCUT2D eigenvalue weighted by Gasteiger charge is -2.51. The topological polar surface area (TPSA) is 87.1 Å². The van der Waals surface area contributed by atoms with Crippen molar-refractivity contribution in [2.24, 2.45) is 5.92 Å². The average molecular weight is 271 g/mol. The molecule has 3 rings (SSSR count). The summed E-state index contributed by atoms with van der Waals surface area (Å²) in [5, 5.41) is 19.2. The predicted molar refractivity (Wildman–Crippen MR) is 66.6 cm³/mol. The molecule has 0 aromatic rings. The van der Waals surface area contributed by atoms with E-state index in [4.69, 9.17) is 4.74 Å². The summed E-state index contributed by atoms with van der Waals surface area (Å²) in [6, 6.07) is -1.21. The number of carboxylic acid groups (broad SMARTS) is 1. The van der Waals surface area contributed by atoms with Gasteiger partial charge < -0.3 is 14.9 Å². The first-order chi connectivity index (χ1) is 8.70. The highest BCUT2D eigenvalue weighted by Gasteiger charge is 2.52. The van der Waals surface area contributed by atoms with Gasteiger partial charge in [-0.05, 0) is 40.0 Å². The number of hydrogen-bond acceptors (Lipinski definition) is 4. The summed E-state index contributed by atoms with van der Waals surface area (Å²) in [6.07, 6.45) is 0.570. The average Bonchev–Trinajstić information content (AvgIpc) is 2.25. The number of fused-ring (bicyclic) bond motifs is 3. The second-order valence-electron chi connectivity index (χ2n) is 6.37. The van der Waals surface area contributed by atoms with Crippen molar-refractivity contribution in [3.05, 3.63) is 0 Å². The quantitative estimate of drug-likeness (QED) is 0.748. The summed E-state index contributed by atoms with van der Waals surface area (Å²) in [5.74, 6) is -1.46. The van der Waals surface area contributed by atoms with Crippen molar-refractivity contribution in [1.82, 2.24) is 4.90 Å². The second kappa shape index (κ2) is 4.67. The Labute approximate surface area is 112 Å². The molecule has 2 heterocycles. The summed E-state index contributed by atoms with van der Waals surface area (Å²) in [6.45, 7) is 5.24. The number of aliphatic hydroxyl groups is 1. The van der Waals surface area contributed by atoms with Crippen LogP contribution < -0.4 is 0 Å². The molecule has 0 radical (unpaired) electrons. The van der Waals surface area contributed by atoms with E-state index >= 15 is 0 Å². The number of hydrogen-bond donors (Lipinski definition) is 2. The van der Waals surface area contributed by atoms with E-state index in [1.54, 1.807) is 20.8 Å². The molecule has 108 valence electrons. The maximum absolute atomic E-state index is 12.2. The van der Waals surface area contributed by atoms with Crippen LogP contribution in [0.25, 0.3) is 0 Å². The molecule has 3 aliphatic rings. The number of amides is 1. The zero-order valence-corrected chi connectivity index (χ0v) is 11.5. The smallest absolute Gasteiger partial charge is 0.411 e. The van der Waals surface area contributed by atoms with Crippen LogP contribution in [0.15, 0.2) is 0 Å². The number of nitrogens with zero attached hydrogens (tertiary/aromatic N) is 1. The van der Waals surface area contributed by atoms with Crippen LogP contribution in [-0.2, 0) is 9.53 Å². The van der Waals surface area contributed by atoms with Crippen molar-refractivity contribution in [2.75, 3.05) is 0 Å². The number of aliphatic carboxylic acids is 1. The van der Waals surface area contributed by atoms with Gasteiger partial charge in [0.15, 0.2) is 0 Å². The number of carbonyl (C=O) groups is 2. The van der Waals surface area contributed by atoms with Crippen molar-refractivity contribution in [3.63, 3.8) is 0 Å². The molecule has 4 atom stereocenters. The molecule has 3 fully saturated rings. The van der Waals surface area contributed by atoms with Crippen LogP contribution >= 0.6 is 0 Å². The van der Waals surface area contributed by atoms with Crippen LogP contribution in [0.1, 0.15) is 40.0 Å². The van der Waals surface area contributed by atoms with Crippen LogP contribution in [-0.4, -0.2) is 51.0 Å². The van der Waals surface area contributed by atoms with Crippen LogP contribution in [0.2, 0.25) is 0 Å². The van der Waals surface area contributed by atoms with Gasteiger partial charge in [0.1, 0.15) is 11.6 Å². The summed E-state index contributed by atoms with van der Waals surface area (Å²) in [7, 11) is 0. The third-order valence-electron chi connectivity index (χ3n) is 3.80. The third kappa shape index (κ3) is 2.68. The van der Waals surface area contributed by atoms with Gasteiger partial charge in [-0.2, -0.15) is 0 Å². The highest BCUT2D eigenvalue weighted by atomic mass is 16.6. The zero-order chi connectivity index (χ0) is 14.4. The van der Waals surface area contributed by atoms with Crippen LogP contribution in [0.5, 0.6) is 0 Å². The van der Waals surface area contributed by atoms with Crippen molar-refractivity contribution in [2.45, 2.75) is 63.8 Å². The first kappa shape index (κ1) is 14.1. The van der Waals surface area contributed by atoms with E-state index in [9.17, 15) is 19.8 Å². The first-order valence-electron chi connectivity index (χ1n) is 6.63. The Morgan fingerprint density at radius 3 is 2.37 bits per heavy atom. The number of ether oxygens (including phenoxy) is 1. The monoisotopic (exact) mass is 271 g/mol. The van der Waals surface area contributed by atoms with Crippen molar-refractivity contribution in [3.8, 4) is 0 Å². The summed E-state index contributed by atoms with van der Waals surface area (Å²) in [5.41, 5.74) is -0.657. The molecule has 19 heavy (non-hydrogen) atoms. The highest BCUT2D eigenvalue weighted by molar-refractivity contribution is 5.81. The lowest BCUT2D eigenvalue weighted by Crippen LogP contribution is -2.65. The molecule has 1 aliphatic carbocycles. The number of rotatable bonds is 1. The van der Waals surface area contributed by atoms with Gasteiger partial charge in [0.25, 0.3) is 0 Å². The molecule has 1 saturated carbocycles. The van der Waals surface area contributed by atoms with Crippen LogP contribution in [0, 0.1) is 5.92 Å². The molecule has 1 amide bonds. The van der Waals surface area contributed by atoms with Crippen molar-refractivity contribution < 1.29 is 24.5 Å². The molecular formula is C13H21NO5. The molecule has 1 unspecified atom stereocenters.